The fourth-order valence-corrected chi connectivity index (χ4v) is 3.38. The zero-order chi connectivity index (χ0) is 11.5. The summed E-state index contributed by atoms with van der Waals surface area (Å²) in [5.74, 6) is 0.900. The molecule has 0 aromatic heterocycles. The van der Waals surface area contributed by atoms with Crippen LogP contribution in [-0.4, -0.2) is 25.4 Å². The largest absolute Gasteiger partial charge is 0.367 e. The molecule has 0 radical (unpaired) electrons. The van der Waals surface area contributed by atoms with Gasteiger partial charge in [0.05, 0.1) is 5.69 Å². The molecule has 0 spiro atoms. The van der Waals surface area contributed by atoms with Crippen LogP contribution in [0.3, 0.4) is 0 Å². The zero-order valence-corrected chi connectivity index (χ0v) is 10.3. The van der Waals surface area contributed by atoms with Crippen molar-refractivity contribution in [2.45, 2.75) is 23.8 Å². The third-order valence-electron chi connectivity index (χ3n) is 3.02. The van der Waals surface area contributed by atoms with Crippen LogP contribution in [0.4, 0.5) is 10.1 Å². The van der Waals surface area contributed by atoms with Crippen LogP contribution in [0.5, 0.6) is 0 Å². The maximum absolute atomic E-state index is 13.7. The molecule has 1 heterocycles. The van der Waals surface area contributed by atoms with Crippen LogP contribution in [0.1, 0.15) is 12.8 Å². The molecule has 1 aliphatic heterocycles. The molecule has 1 aromatic rings. The van der Waals surface area contributed by atoms with E-state index in [1.807, 2.05) is 13.1 Å². The van der Waals surface area contributed by atoms with Crippen molar-refractivity contribution in [3.05, 3.63) is 24.0 Å². The van der Waals surface area contributed by atoms with Crippen molar-refractivity contribution in [1.82, 2.24) is 0 Å². The van der Waals surface area contributed by atoms with E-state index in [1.54, 1.807) is 17.8 Å². The molecule has 2 rings (SSSR count). The second kappa shape index (κ2) is 5.06. The van der Waals surface area contributed by atoms with Gasteiger partial charge < -0.3 is 10.6 Å². The smallest absolute Gasteiger partial charge is 0.147 e. The molecule has 4 heteroatoms. The van der Waals surface area contributed by atoms with E-state index in [9.17, 15) is 4.39 Å². The van der Waals surface area contributed by atoms with Crippen molar-refractivity contribution in [2.75, 3.05) is 24.2 Å². The first kappa shape index (κ1) is 11.7. The van der Waals surface area contributed by atoms with Crippen molar-refractivity contribution in [3.63, 3.8) is 0 Å². The Morgan fingerprint density at radius 1 is 1.56 bits per heavy atom. The first-order valence-electron chi connectivity index (χ1n) is 5.58. The van der Waals surface area contributed by atoms with E-state index in [4.69, 9.17) is 5.73 Å². The molecule has 0 saturated heterocycles. The Bertz CT molecular complexity index is 370. The van der Waals surface area contributed by atoms with Gasteiger partial charge in [-0.1, -0.05) is 6.07 Å². The zero-order valence-electron chi connectivity index (χ0n) is 9.45. The van der Waals surface area contributed by atoms with Gasteiger partial charge in [0, 0.05) is 23.7 Å². The first-order chi connectivity index (χ1) is 7.74. The highest BCUT2D eigenvalue weighted by Crippen LogP contribution is 2.39. The maximum atomic E-state index is 13.7. The van der Waals surface area contributed by atoms with E-state index in [-0.39, 0.29) is 5.82 Å². The topological polar surface area (TPSA) is 29.3 Å². The van der Waals surface area contributed by atoms with Gasteiger partial charge in [-0.05, 0) is 31.5 Å². The number of thioether (sulfide) groups is 1. The molecule has 0 bridgehead atoms. The Kier molecular flexibility index (Phi) is 3.71. The summed E-state index contributed by atoms with van der Waals surface area (Å²) in [6, 6.07) is 5.69. The number of halogens is 1. The van der Waals surface area contributed by atoms with E-state index < -0.39 is 0 Å². The van der Waals surface area contributed by atoms with Crippen molar-refractivity contribution in [2.24, 2.45) is 5.73 Å². The number of hydrogen-bond donors (Lipinski definition) is 1. The van der Waals surface area contributed by atoms with Gasteiger partial charge in [-0.15, -0.1) is 11.8 Å². The minimum Gasteiger partial charge on any atom is -0.367 e. The van der Waals surface area contributed by atoms with Crippen LogP contribution in [0.25, 0.3) is 0 Å². The maximum Gasteiger partial charge on any atom is 0.147 e. The Hall–Kier alpha value is -0.740. The number of anilines is 1. The molecule has 1 aliphatic rings. The predicted molar refractivity (Wildman–Crippen MR) is 67.6 cm³/mol. The molecular formula is C12H17FN2S. The molecule has 0 fully saturated rings. The Morgan fingerprint density at radius 2 is 2.38 bits per heavy atom. The summed E-state index contributed by atoms with van der Waals surface area (Å²) in [7, 11) is 1.98. The summed E-state index contributed by atoms with van der Waals surface area (Å²) >= 11 is 1.74. The lowest BCUT2D eigenvalue weighted by Crippen LogP contribution is -2.37. The number of rotatable bonds is 3. The van der Waals surface area contributed by atoms with Crippen molar-refractivity contribution >= 4 is 17.4 Å². The fraction of sp³-hybridized carbons (Fsp3) is 0.500. The van der Waals surface area contributed by atoms with Gasteiger partial charge in [0.2, 0.25) is 0 Å². The minimum absolute atomic E-state index is 0.120. The molecule has 0 amide bonds. The Morgan fingerprint density at radius 3 is 3.12 bits per heavy atom. The molecule has 16 heavy (non-hydrogen) atoms. The van der Waals surface area contributed by atoms with E-state index in [2.05, 4.69) is 4.90 Å². The standard InChI is InChI=1S/C12H17FN2S/c1-15-9(4-3-7-14)8-16-11-6-2-5-10(13)12(11)15/h2,5-6,9H,3-4,7-8,14H2,1H3. The Balaban J connectivity index is 2.20. The van der Waals surface area contributed by atoms with Gasteiger partial charge in [0.25, 0.3) is 0 Å². The molecule has 0 aliphatic carbocycles. The monoisotopic (exact) mass is 240 g/mol. The number of nitrogens with zero attached hydrogens (tertiary/aromatic N) is 1. The van der Waals surface area contributed by atoms with E-state index >= 15 is 0 Å². The summed E-state index contributed by atoms with van der Waals surface area (Å²) in [5.41, 5.74) is 6.27. The number of hydrogen-bond acceptors (Lipinski definition) is 3. The van der Waals surface area contributed by atoms with Crippen LogP contribution in [0, 0.1) is 5.82 Å². The second-order valence-electron chi connectivity index (χ2n) is 4.09. The third-order valence-corrected chi connectivity index (χ3v) is 4.21. The fourth-order valence-electron chi connectivity index (χ4n) is 2.07. The van der Waals surface area contributed by atoms with Crippen LogP contribution in [-0.2, 0) is 0 Å². The number of benzene rings is 1. The summed E-state index contributed by atoms with van der Waals surface area (Å²) in [5, 5.41) is 0. The SMILES string of the molecule is CN1c2c(F)cccc2SCC1CCCN. The molecule has 1 unspecified atom stereocenters. The third kappa shape index (κ3) is 2.18. The lowest BCUT2D eigenvalue weighted by atomic mass is 10.1. The molecule has 1 atom stereocenters. The molecule has 88 valence electrons. The van der Waals surface area contributed by atoms with Crippen LogP contribution >= 0.6 is 11.8 Å². The Labute approximate surface area is 100 Å². The van der Waals surface area contributed by atoms with Gasteiger partial charge in [0.1, 0.15) is 5.82 Å². The average molecular weight is 240 g/mol. The lowest BCUT2D eigenvalue weighted by Gasteiger charge is -2.35. The van der Waals surface area contributed by atoms with Crippen LogP contribution in [0.2, 0.25) is 0 Å². The number of para-hydroxylation sites is 1. The van der Waals surface area contributed by atoms with Crippen molar-refractivity contribution in [3.8, 4) is 0 Å². The number of fused-ring (bicyclic) bond motifs is 1. The summed E-state index contributed by atoms with van der Waals surface area (Å²) in [6.45, 7) is 0.707. The van der Waals surface area contributed by atoms with E-state index in [0.29, 0.717) is 12.6 Å². The number of nitrogens with two attached hydrogens (primary N) is 1. The average Bonchev–Trinajstić information content (AvgIpc) is 2.28. The van der Waals surface area contributed by atoms with Crippen molar-refractivity contribution < 1.29 is 4.39 Å². The van der Waals surface area contributed by atoms with Gasteiger partial charge in [-0.3, -0.25) is 0 Å². The van der Waals surface area contributed by atoms with E-state index in [0.717, 1.165) is 29.2 Å². The van der Waals surface area contributed by atoms with Crippen LogP contribution in [0.15, 0.2) is 23.1 Å². The predicted octanol–water partition coefficient (Wildman–Crippen LogP) is 2.48. The van der Waals surface area contributed by atoms with Gasteiger partial charge in [0.15, 0.2) is 0 Å². The highest BCUT2D eigenvalue weighted by molar-refractivity contribution is 7.99. The molecule has 2 N–H and O–H groups in total. The lowest BCUT2D eigenvalue weighted by molar-refractivity contribution is 0.569. The molecule has 2 nitrogen and oxygen atoms in total. The summed E-state index contributed by atoms with van der Waals surface area (Å²) < 4.78 is 13.7. The first-order valence-corrected chi connectivity index (χ1v) is 6.57. The summed E-state index contributed by atoms with van der Waals surface area (Å²) in [4.78, 5) is 3.11. The minimum atomic E-state index is -0.120. The van der Waals surface area contributed by atoms with Crippen LogP contribution < -0.4 is 10.6 Å². The van der Waals surface area contributed by atoms with E-state index in [1.165, 1.54) is 6.07 Å². The highest BCUT2D eigenvalue weighted by atomic mass is 32.2. The van der Waals surface area contributed by atoms with Crippen molar-refractivity contribution in [1.29, 1.82) is 0 Å². The second-order valence-corrected chi connectivity index (χ2v) is 5.16. The van der Waals surface area contributed by atoms with Gasteiger partial charge >= 0.3 is 0 Å². The summed E-state index contributed by atoms with van der Waals surface area (Å²) in [6.07, 6.45) is 2.03. The quantitative estimate of drug-likeness (QED) is 0.880. The normalized spacial score (nSPS) is 19.7. The van der Waals surface area contributed by atoms with Gasteiger partial charge in [-0.2, -0.15) is 0 Å². The highest BCUT2D eigenvalue weighted by Gasteiger charge is 2.25. The molecular weight excluding hydrogens is 223 g/mol. The van der Waals surface area contributed by atoms with Gasteiger partial charge in [-0.25, -0.2) is 4.39 Å². The molecule has 1 aromatic carbocycles. The molecule has 0 saturated carbocycles.